The predicted octanol–water partition coefficient (Wildman–Crippen LogP) is -0.128. The summed E-state index contributed by atoms with van der Waals surface area (Å²) < 4.78 is 25.9. The van der Waals surface area contributed by atoms with Gasteiger partial charge >= 0.3 is 0 Å². The summed E-state index contributed by atoms with van der Waals surface area (Å²) in [5.41, 5.74) is 10.8. The number of hydrogen-bond acceptors (Lipinski definition) is 5. The molecule has 1 aromatic rings. The zero-order chi connectivity index (χ0) is 12.3. The smallest absolute Gasteiger partial charge is 0.250 e. The zero-order valence-electron chi connectivity index (χ0n) is 8.64. The second-order valence-electron chi connectivity index (χ2n) is 3.39. The summed E-state index contributed by atoms with van der Waals surface area (Å²) in [5, 5.41) is 1.54. The first-order chi connectivity index (χ1) is 7.31. The van der Waals surface area contributed by atoms with Crippen LogP contribution in [-0.4, -0.2) is 20.4 Å². The number of primary amides is 1. The highest BCUT2D eigenvalue weighted by Gasteiger charge is 2.19. The topological polar surface area (TPSA) is 115 Å². The largest absolute Gasteiger partial charge is 0.398 e. The molecule has 0 bridgehead atoms. The molecule has 0 aliphatic carbocycles. The van der Waals surface area contributed by atoms with Crippen LogP contribution in [0.15, 0.2) is 15.7 Å². The Balaban J connectivity index is 2.76. The van der Waals surface area contributed by atoms with E-state index in [1.807, 2.05) is 0 Å². The minimum absolute atomic E-state index is 0.0416. The molecule has 90 valence electrons. The zero-order valence-corrected chi connectivity index (χ0v) is 10.3. The third-order valence-electron chi connectivity index (χ3n) is 1.72. The molecule has 1 rings (SSSR count). The summed E-state index contributed by atoms with van der Waals surface area (Å²) in [6.07, 6.45) is -0.0416. The molecule has 0 radical (unpaired) electrons. The van der Waals surface area contributed by atoms with E-state index in [1.165, 1.54) is 11.4 Å². The van der Waals surface area contributed by atoms with Crippen molar-refractivity contribution in [1.29, 1.82) is 0 Å². The van der Waals surface area contributed by atoms with Crippen LogP contribution < -0.4 is 16.2 Å². The van der Waals surface area contributed by atoms with Crippen molar-refractivity contribution in [2.75, 3.05) is 5.73 Å². The molecule has 1 unspecified atom stereocenters. The quantitative estimate of drug-likeness (QED) is 0.686. The second kappa shape index (κ2) is 4.81. The molecule has 0 aromatic carbocycles. The minimum Gasteiger partial charge on any atom is -0.398 e. The lowest BCUT2D eigenvalue weighted by Gasteiger charge is -2.10. The van der Waals surface area contributed by atoms with Gasteiger partial charge in [-0.3, -0.25) is 4.79 Å². The fourth-order valence-electron chi connectivity index (χ4n) is 1.14. The van der Waals surface area contributed by atoms with Gasteiger partial charge in [-0.1, -0.05) is 0 Å². The standard InChI is InChI=1S/C8H13N3O3S2/c1-5(2-7(10)12)11-16(13,14)8-3-6(9)4-15-8/h3-5,11H,2,9H2,1H3,(H2,10,12). The van der Waals surface area contributed by atoms with E-state index >= 15 is 0 Å². The molecule has 5 N–H and O–H groups in total. The number of carbonyl (C=O) groups excluding carboxylic acids is 1. The van der Waals surface area contributed by atoms with Crippen molar-refractivity contribution < 1.29 is 13.2 Å². The van der Waals surface area contributed by atoms with Crippen molar-refractivity contribution in [3.63, 3.8) is 0 Å². The van der Waals surface area contributed by atoms with Crippen LogP contribution in [0.3, 0.4) is 0 Å². The number of sulfonamides is 1. The van der Waals surface area contributed by atoms with Gasteiger partial charge in [0.15, 0.2) is 0 Å². The lowest BCUT2D eigenvalue weighted by atomic mass is 10.2. The molecule has 1 heterocycles. The molecule has 0 aliphatic heterocycles. The number of rotatable bonds is 5. The van der Waals surface area contributed by atoms with Gasteiger partial charge in [0, 0.05) is 23.5 Å². The van der Waals surface area contributed by atoms with E-state index in [0.717, 1.165) is 11.3 Å². The Labute approximate surface area is 97.7 Å². The van der Waals surface area contributed by atoms with Crippen LogP contribution in [0.2, 0.25) is 0 Å². The first-order valence-corrected chi connectivity index (χ1v) is 6.82. The molecule has 0 spiro atoms. The van der Waals surface area contributed by atoms with Gasteiger partial charge in [0.05, 0.1) is 0 Å². The molecule has 6 nitrogen and oxygen atoms in total. The van der Waals surface area contributed by atoms with Crippen LogP contribution in [-0.2, 0) is 14.8 Å². The maximum absolute atomic E-state index is 11.7. The summed E-state index contributed by atoms with van der Waals surface area (Å²) in [6, 6.07) is 0.829. The maximum Gasteiger partial charge on any atom is 0.250 e. The Hall–Kier alpha value is -1.12. The summed E-state index contributed by atoms with van der Waals surface area (Å²) in [4.78, 5) is 10.6. The molecular weight excluding hydrogens is 250 g/mol. The molecular formula is C8H13N3O3S2. The van der Waals surface area contributed by atoms with Crippen molar-refractivity contribution >= 4 is 33.0 Å². The number of anilines is 1. The average molecular weight is 263 g/mol. The number of hydrogen-bond donors (Lipinski definition) is 3. The van der Waals surface area contributed by atoms with Crippen molar-refractivity contribution in [2.45, 2.75) is 23.6 Å². The Morgan fingerprint density at radius 1 is 1.62 bits per heavy atom. The van der Waals surface area contributed by atoms with Crippen molar-refractivity contribution in [3.8, 4) is 0 Å². The molecule has 0 aliphatic rings. The van der Waals surface area contributed by atoms with Crippen molar-refractivity contribution in [2.24, 2.45) is 5.73 Å². The SMILES string of the molecule is CC(CC(N)=O)NS(=O)(=O)c1cc(N)cs1. The number of nitrogen functional groups attached to an aromatic ring is 1. The van der Waals surface area contributed by atoms with Crippen LogP contribution in [0.1, 0.15) is 13.3 Å². The van der Waals surface area contributed by atoms with E-state index < -0.39 is 22.0 Å². The van der Waals surface area contributed by atoms with E-state index in [9.17, 15) is 13.2 Å². The van der Waals surface area contributed by atoms with Gasteiger partial charge in [0.25, 0.3) is 0 Å². The number of nitrogens with one attached hydrogen (secondary N) is 1. The Morgan fingerprint density at radius 2 is 2.25 bits per heavy atom. The number of amides is 1. The van der Waals surface area contributed by atoms with E-state index in [1.54, 1.807) is 6.92 Å². The van der Waals surface area contributed by atoms with Gasteiger partial charge in [-0.25, -0.2) is 13.1 Å². The normalized spacial score (nSPS) is 13.6. The van der Waals surface area contributed by atoms with Crippen LogP contribution in [0.25, 0.3) is 0 Å². The van der Waals surface area contributed by atoms with Crippen LogP contribution >= 0.6 is 11.3 Å². The summed E-state index contributed by atoms with van der Waals surface area (Å²) >= 11 is 1.03. The summed E-state index contributed by atoms with van der Waals surface area (Å²) in [6.45, 7) is 1.57. The Kier molecular flexibility index (Phi) is 3.89. The van der Waals surface area contributed by atoms with Gasteiger partial charge in [0.2, 0.25) is 15.9 Å². The van der Waals surface area contributed by atoms with Gasteiger partial charge < -0.3 is 11.5 Å². The molecule has 0 saturated heterocycles. The molecule has 8 heteroatoms. The monoisotopic (exact) mass is 263 g/mol. The molecule has 0 saturated carbocycles. The van der Waals surface area contributed by atoms with Gasteiger partial charge in [-0.05, 0) is 13.0 Å². The summed E-state index contributed by atoms with van der Waals surface area (Å²) in [7, 11) is -3.60. The van der Waals surface area contributed by atoms with Gasteiger partial charge in [-0.15, -0.1) is 11.3 Å². The highest BCUT2D eigenvalue weighted by atomic mass is 32.2. The van der Waals surface area contributed by atoms with Gasteiger partial charge in [0.1, 0.15) is 4.21 Å². The highest BCUT2D eigenvalue weighted by molar-refractivity contribution is 7.91. The van der Waals surface area contributed by atoms with Crippen LogP contribution in [0.5, 0.6) is 0 Å². The van der Waals surface area contributed by atoms with E-state index in [4.69, 9.17) is 11.5 Å². The van der Waals surface area contributed by atoms with Crippen molar-refractivity contribution in [3.05, 3.63) is 11.4 Å². The first-order valence-electron chi connectivity index (χ1n) is 4.46. The van der Waals surface area contributed by atoms with Crippen LogP contribution in [0.4, 0.5) is 5.69 Å². The molecule has 16 heavy (non-hydrogen) atoms. The number of nitrogens with two attached hydrogens (primary N) is 2. The average Bonchev–Trinajstić information content (AvgIpc) is 2.49. The number of thiophene rings is 1. The van der Waals surface area contributed by atoms with Crippen molar-refractivity contribution in [1.82, 2.24) is 4.72 Å². The summed E-state index contributed by atoms with van der Waals surface area (Å²) in [5.74, 6) is -0.555. The molecule has 1 aromatic heterocycles. The van der Waals surface area contributed by atoms with E-state index in [0.29, 0.717) is 5.69 Å². The Bertz CT molecular complexity index is 480. The molecule has 1 amide bonds. The first kappa shape index (κ1) is 12.9. The molecule has 1 atom stereocenters. The highest BCUT2D eigenvalue weighted by Crippen LogP contribution is 2.21. The lowest BCUT2D eigenvalue weighted by molar-refractivity contribution is -0.118. The lowest BCUT2D eigenvalue weighted by Crippen LogP contribution is -2.35. The van der Waals surface area contributed by atoms with Gasteiger partial charge in [-0.2, -0.15) is 0 Å². The molecule has 0 fully saturated rings. The minimum atomic E-state index is -3.60. The Morgan fingerprint density at radius 3 is 2.69 bits per heavy atom. The fraction of sp³-hybridized carbons (Fsp3) is 0.375. The second-order valence-corrected chi connectivity index (χ2v) is 6.24. The third-order valence-corrected chi connectivity index (χ3v) is 4.77. The number of carbonyl (C=O) groups is 1. The fourth-order valence-corrected chi connectivity index (χ4v) is 3.48. The van der Waals surface area contributed by atoms with Crippen LogP contribution in [0, 0.1) is 0 Å². The maximum atomic E-state index is 11.7. The third kappa shape index (κ3) is 3.47. The van der Waals surface area contributed by atoms with E-state index in [-0.39, 0.29) is 10.6 Å². The van der Waals surface area contributed by atoms with E-state index in [2.05, 4.69) is 4.72 Å². The predicted molar refractivity (Wildman–Crippen MR) is 62.3 cm³/mol.